The van der Waals surface area contributed by atoms with Gasteiger partial charge in [-0.25, -0.2) is 4.98 Å². The molecule has 0 aliphatic rings. The van der Waals surface area contributed by atoms with Crippen LogP contribution in [0.3, 0.4) is 0 Å². The Hall–Kier alpha value is -1.97. The maximum absolute atomic E-state index is 12.7. The largest absolute Gasteiger partial charge is 0.417 e. The van der Waals surface area contributed by atoms with Crippen LogP contribution >= 0.6 is 35.0 Å². The highest BCUT2D eigenvalue weighted by molar-refractivity contribution is 7.98. The maximum atomic E-state index is 12.7. The molecule has 1 aromatic heterocycles. The van der Waals surface area contributed by atoms with Crippen LogP contribution in [0, 0.1) is 0 Å². The minimum Gasteiger partial charge on any atom is -0.349 e. The first-order chi connectivity index (χ1) is 13.5. The first-order valence-electron chi connectivity index (χ1n) is 8.16. The number of hydrogen-bond acceptors (Lipinski definition) is 4. The number of halogens is 5. The van der Waals surface area contributed by atoms with Gasteiger partial charge in [0, 0.05) is 23.0 Å². The molecule has 11 heteroatoms. The molecule has 156 valence electrons. The van der Waals surface area contributed by atoms with Gasteiger partial charge in [0.05, 0.1) is 21.8 Å². The Morgan fingerprint density at radius 1 is 1.21 bits per heavy atom. The summed E-state index contributed by atoms with van der Waals surface area (Å²) in [5.41, 5.74) is -1.27. The maximum Gasteiger partial charge on any atom is 0.417 e. The molecule has 0 radical (unpaired) electrons. The molecule has 0 aliphatic heterocycles. The summed E-state index contributed by atoms with van der Waals surface area (Å²) in [5.74, 6) is -0.646. The molecule has 0 saturated heterocycles. The highest BCUT2D eigenvalue weighted by Crippen LogP contribution is 2.31. The molecule has 29 heavy (non-hydrogen) atoms. The molecule has 1 atom stereocenters. The fourth-order valence-corrected chi connectivity index (χ4v) is 3.36. The molecule has 1 heterocycles. The van der Waals surface area contributed by atoms with Crippen LogP contribution in [0.4, 0.5) is 18.9 Å². The van der Waals surface area contributed by atoms with Crippen molar-refractivity contribution in [3.63, 3.8) is 0 Å². The lowest BCUT2D eigenvalue weighted by Crippen LogP contribution is -2.34. The number of rotatable bonds is 6. The molecule has 1 aromatic carbocycles. The standard InChI is InChI=1S/C18H16Cl2F3N3O2S/c1-9(8-29-2)25-16(27)12-6-11(19)3-4-14(12)26-17(28)15-13(20)5-10(7-24-15)18(21,22)23/h3-7,9H,8H2,1-2H3,(H,25,27)(H,26,28). The van der Waals surface area contributed by atoms with E-state index >= 15 is 0 Å². The molecule has 1 unspecified atom stereocenters. The Morgan fingerprint density at radius 2 is 1.90 bits per heavy atom. The lowest BCUT2D eigenvalue weighted by atomic mass is 10.1. The number of benzene rings is 1. The summed E-state index contributed by atoms with van der Waals surface area (Å²) >= 11 is 13.3. The van der Waals surface area contributed by atoms with Crippen LogP contribution in [0.15, 0.2) is 30.5 Å². The van der Waals surface area contributed by atoms with Gasteiger partial charge in [0.25, 0.3) is 11.8 Å². The zero-order chi connectivity index (χ0) is 21.8. The SMILES string of the molecule is CSCC(C)NC(=O)c1cc(Cl)ccc1NC(=O)c1ncc(C(F)(F)F)cc1Cl. The van der Waals surface area contributed by atoms with E-state index in [-0.39, 0.29) is 22.3 Å². The lowest BCUT2D eigenvalue weighted by molar-refractivity contribution is -0.137. The van der Waals surface area contributed by atoms with Gasteiger partial charge in [-0.05, 0) is 37.4 Å². The predicted octanol–water partition coefficient (Wildman–Crippen LogP) is 5.14. The Morgan fingerprint density at radius 3 is 2.48 bits per heavy atom. The van der Waals surface area contributed by atoms with E-state index in [0.29, 0.717) is 18.0 Å². The monoisotopic (exact) mass is 465 g/mol. The van der Waals surface area contributed by atoms with Gasteiger partial charge in [-0.15, -0.1) is 0 Å². The van der Waals surface area contributed by atoms with Crippen LogP contribution in [-0.4, -0.2) is 34.8 Å². The van der Waals surface area contributed by atoms with Crippen LogP contribution in [0.25, 0.3) is 0 Å². The fourth-order valence-electron chi connectivity index (χ4n) is 2.35. The van der Waals surface area contributed by atoms with E-state index in [4.69, 9.17) is 23.2 Å². The van der Waals surface area contributed by atoms with Crippen LogP contribution in [-0.2, 0) is 6.18 Å². The summed E-state index contributed by atoms with van der Waals surface area (Å²) in [7, 11) is 0. The number of amides is 2. The highest BCUT2D eigenvalue weighted by atomic mass is 35.5. The topological polar surface area (TPSA) is 71.1 Å². The number of aromatic nitrogens is 1. The molecule has 2 aromatic rings. The van der Waals surface area contributed by atoms with Gasteiger partial charge < -0.3 is 10.6 Å². The third kappa shape index (κ3) is 6.25. The second-order valence-corrected chi connectivity index (χ2v) is 7.78. The Labute approximate surface area is 179 Å². The molecular formula is C18H16Cl2F3N3O2S. The van der Waals surface area contributed by atoms with Crippen molar-refractivity contribution >= 4 is 52.5 Å². The second kappa shape index (κ2) is 9.69. The number of carbonyl (C=O) groups is 2. The third-order valence-corrected chi connectivity index (χ3v) is 5.01. The van der Waals surface area contributed by atoms with Crippen molar-refractivity contribution in [1.82, 2.24) is 10.3 Å². The molecule has 2 amide bonds. The van der Waals surface area contributed by atoms with Crippen molar-refractivity contribution in [3.8, 4) is 0 Å². The van der Waals surface area contributed by atoms with Crippen LogP contribution in [0.1, 0.15) is 33.3 Å². The third-order valence-electron chi connectivity index (χ3n) is 3.65. The first-order valence-corrected chi connectivity index (χ1v) is 10.3. The van der Waals surface area contributed by atoms with Crippen molar-refractivity contribution < 1.29 is 22.8 Å². The Balaban J connectivity index is 2.28. The van der Waals surface area contributed by atoms with E-state index in [1.165, 1.54) is 18.2 Å². The summed E-state index contributed by atoms with van der Waals surface area (Å²) in [6, 6.07) is 4.72. The number of thioether (sulfide) groups is 1. The zero-order valence-corrected chi connectivity index (χ0v) is 17.6. The molecule has 2 rings (SSSR count). The number of pyridine rings is 1. The Bertz CT molecular complexity index is 926. The van der Waals surface area contributed by atoms with Crippen LogP contribution in [0.2, 0.25) is 10.0 Å². The van der Waals surface area contributed by atoms with Gasteiger partial charge in [-0.3, -0.25) is 9.59 Å². The van der Waals surface area contributed by atoms with Crippen molar-refractivity contribution in [2.45, 2.75) is 19.1 Å². The Kier molecular flexibility index (Phi) is 7.79. The summed E-state index contributed by atoms with van der Waals surface area (Å²) in [6.45, 7) is 1.82. The molecule has 0 saturated carbocycles. The quantitative estimate of drug-likeness (QED) is 0.619. The van der Waals surface area contributed by atoms with Gasteiger partial charge in [0.2, 0.25) is 0 Å². The highest BCUT2D eigenvalue weighted by Gasteiger charge is 2.32. The zero-order valence-electron chi connectivity index (χ0n) is 15.2. The number of nitrogens with zero attached hydrogens (tertiary/aromatic N) is 1. The van der Waals surface area contributed by atoms with E-state index in [1.54, 1.807) is 11.8 Å². The number of hydrogen-bond donors (Lipinski definition) is 2. The minimum atomic E-state index is -4.64. The summed E-state index contributed by atoms with van der Waals surface area (Å²) < 4.78 is 38.2. The lowest BCUT2D eigenvalue weighted by Gasteiger charge is -2.16. The molecule has 0 aliphatic carbocycles. The number of alkyl halides is 3. The molecule has 0 bridgehead atoms. The van der Waals surface area contributed by atoms with Gasteiger partial charge in [0.1, 0.15) is 5.69 Å². The number of nitrogens with one attached hydrogen (secondary N) is 2. The molecule has 0 spiro atoms. The van der Waals surface area contributed by atoms with Crippen molar-refractivity contribution in [3.05, 3.63) is 57.3 Å². The van der Waals surface area contributed by atoms with E-state index in [0.717, 1.165) is 0 Å². The molecule has 0 fully saturated rings. The fraction of sp³-hybridized carbons (Fsp3) is 0.278. The average Bonchev–Trinajstić information content (AvgIpc) is 2.62. The van der Waals surface area contributed by atoms with Gasteiger partial charge in [-0.2, -0.15) is 24.9 Å². The van der Waals surface area contributed by atoms with Crippen molar-refractivity contribution in [2.24, 2.45) is 0 Å². The summed E-state index contributed by atoms with van der Waals surface area (Å²) in [5, 5.41) is 5.03. The normalized spacial score (nSPS) is 12.4. The first kappa shape index (κ1) is 23.3. The number of anilines is 1. The van der Waals surface area contributed by atoms with Crippen molar-refractivity contribution in [1.29, 1.82) is 0 Å². The minimum absolute atomic E-state index is 0.0989. The summed E-state index contributed by atoms with van der Waals surface area (Å²) in [4.78, 5) is 28.5. The predicted molar refractivity (Wildman–Crippen MR) is 109 cm³/mol. The molecular weight excluding hydrogens is 450 g/mol. The van der Waals surface area contributed by atoms with E-state index in [9.17, 15) is 22.8 Å². The van der Waals surface area contributed by atoms with Crippen LogP contribution in [0.5, 0.6) is 0 Å². The summed E-state index contributed by atoms with van der Waals surface area (Å²) in [6.07, 6.45) is -2.23. The van der Waals surface area contributed by atoms with E-state index in [2.05, 4.69) is 15.6 Å². The molecule has 2 N–H and O–H groups in total. The van der Waals surface area contributed by atoms with Gasteiger partial charge in [0.15, 0.2) is 0 Å². The smallest absolute Gasteiger partial charge is 0.349 e. The average molecular weight is 466 g/mol. The van der Waals surface area contributed by atoms with Gasteiger partial charge >= 0.3 is 6.18 Å². The molecule has 5 nitrogen and oxygen atoms in total. The second-order valence-electron chi connectivity index (χ2n) is 6.03. The van der Waals surface area contributed by atoms with Crippen molar-refractivity contribution in [2.75, 3.05) is 17.3 Å². The van der Waals surface area contributed by atoms with Crippen LogP contribution < -0.4 is 10.6 Å². The van der Waals surface area contributed by atoms with E-state index in [1.807, 2.05) is 13.2 Å². The van der Waals surface area contributed by atoms with E-state index < -0.39 is 34.3 Å². The number of carbonyl (C=O) groups excluding carboxylic acids is 2. The van der Waals surface area contributed by atoms with Gasteiger partial charge in [-0.1, -0.05) is 23.2 Å².